The van der Waals surface area contributed by atoms with Crippen molar-refractivity contribution in [2.24, 2.45) is 5.10 Å². The molecule has 0 spiro atoms. The Labute approximate surface area is 194 Å². The van der Waals surface area contributed by atoms with Crippen molar-refractivity contribution in [3.05, 3.63) is 106 Å². The molecule has 33 heavy (non-hydrogen) atoms. The summed E-state index contributed by atoms with van der Waals surface area (Å²) in [5.74, 6) is 1.29. The Morgan fingerprint density at radius 3 is 2.76 bits per heavy atom. The van der Waals surface area contributed by atoms with E-state index in [1.807, 2.05) is 36.4 Å². The summed E-state index contributed by atoms with van der Waals surface area (Å²) in [5, 5.41) is 6.34. The lowest BCUT2D eigenvalue weighted by atomic mass is 10.2. The minimum atomic E-state index is -0.317. The highest BCUT2D eigenvalue weighted by molar-refractivity contribution is 6.30. The number of halogens is 1. The number of hydrogen-bond acceptors (Lipinski definition) is 5. The van der Waals surface area contributed by atoms with Crippen LogP contribution in [-0.2, 0) is 0 Å². The van der Waals surface area contributed by atoms with Crippen molar-refractivity contribution >= 4 is 39.7 Å². The van der Waals surface area contributed by atoms with E-state index in [1.54, 1.807) is 42.5 Å². The monoisotopic (exact) mass is 455 g/mol. The number of aromatic nitrogens is 2. The molecule has 0 atom stereocenters. The standard InChI is InChI=1S/C26H18ClN3O3/c1-2-13-32-22-12-11-19(27)14-18(22)16-28-30-25(24-15-17-7-3-6-10-23(17)33-24)29-21-9-5-4-8-20(21)26(30)31/h2-12,14-16H,1,13H2. The van der Waals surface area contributed by atoms with Gasteiger partial charge in [0.2, 0.25) is 5.82 Å². The highest BCUT2D eigenvalue weighted by Gasteiger charge is 2.16. The van der Waals surface area contributed by atoms with Gasteiger partial charge in [0.05, 0.1) is 17.1 Å². The lowest BCUT2D eigenvalue weighted by Gasteiger charge is -2.09. The van der Waals surface area contributed by atoms with Gasteiger partial charge in [0, 0.05) is 16.0 Å². The smallest absolute Gasteiger partial charge is 0.282 e. The number of fused-ring (bicyclic) bond motifs is 2. The summed E-state index contributed by atoms with van der Waals surface area (Å²) in [6, 6.07) is 21.8. The Morgan fingerprint density at radius 1 is 1.09 bits per heavy atom. The van der Waals surface area contributed by atoms with Gasteiger partial charge in [0.15, 0.2) is 5.76 Å². The van der Waals surface area contributed by atoms with Crippen molar-refractivity contribution in [1.29, 1.82) is 0 Å². The van der Waals surface area contributed by atoms with Gasteiger partial charge < -0.3 is 9.15 Å². The first-order valence-corrected chi connectivity index (χ1v) is 10.6. The third-order valence-corrected chi connectivity index (χ3v) is 5.28. The Kier molecular flexibility index (Phi) is 5.50. The number of hydrogen-bond donors (Lipinski definition) is 0. The van der Waals surface area contributed by atoms with Crippen LogP contribution in [0.15, 0.2) is 99.8 Å². The summed E-state index contributed by atoms with van der Waals surface area (Å²) < 4.78 is 12.9. The molecular weight excluding hydrogens is 438 g/mol. The molecule has 0 amide bonds. The maximum atomic E-state index is 13.4. The molecule has 5 rings (SSSR count). The van der Waals surface area contributed by atoms with Gasteiger partial charge in [-0.25, -0.2) is 4.98 Å². The lowest BCUT2D eigenvalue weighted by Crippen LogP contribution is -2.20. The molecule has 6 nitrogen and oxygen atoms in total. The Hall–Kier alpha value is -4.16. The van der Waals surface area contributed by atoms with E-state index in [2.05, 4.69) is 16.7 Å². The van der Waals surface area contributed by atoms with Gasteiger partial charge in [-0.3, -0.25) is 4.79 Å². The largest absolute Gasteiger partial charge is 0.489 e. The summed E-state index contributed by atoms with van der Waals surface area (Å²) in [7, 11) is 0. The molecular formula is C26H18ClN3O3. The molecule has 3 aromatic carbocycles. The van der Waals surface area contributed by atoms with Crippen LogP contribution in [0.1, 0.15) is 5.56 Å². The Morgan fingerprint density at radius 2 is 1.91 bits per heavy atom. The third kappa shape index (κ3) is 4.04. The summed E-state index contributed by atoms with van der Waals surface area (Å²) >= 11 is 6.18. The number of benzene rings is 3. The molecule has 2 heterocycles. The van der Waals surface area contributed by atoms with Crippen LogP contribution in [0.25, 0.3) is 33.5 Å². The normalized spacial score (nSPS) is 11.4. The molecule has 5 aromatic rings. The molecule has 0 aliphatic rings. The molecule has 0 unspecified atom stereocenters. The van der Waals surface area contributed by atoms with E-state index in [-0.39, 0.29) is 5.56 Å². The van der Waals surface area contributed by atoms with Crippen LogP contribution >= 0.6 is 11.6 Å². The van der Waals surface area contributed by atoms with Crippen LogP contribution in [0.5, 0.6) is 5.75 Å². The zero-order valence-electron chi connectivity index (χ0n) is 17.4. The van der Waals surface area contributed by atoms with Crippen LogP contribution in [0.2, 0.25) is 5.02 Å². The van der Waals surface area contributed by atoms with Gasteiger partial charge in [-0.2, -0.15) is 9.78 Å². The molecule has 0 saturated heterocycles. The molecule has 0 N–H and O–H groups in total. The predicted octanol–water partition coefficient (Wildman–Crippen LogP) is 5.91. The van der Waals surface area contributed by atoms with Gasteiger partial charge in [-0.15, -0.1) is 0 Å². The van der Waals surface area contributed by atoms with E-state index in [1.165, 1.54) is 10.9 Å². The predicted molar refractivity (Wildman–Crippen MR) is 131 cm³/mol. The lowest BCUT2D eigenvalue weighted by molar-refractivity contribution is 0.362. The number of para-hydroxylation sites is 2. The quantitative estimate of drug-likeness (QED) is 0.236. The van der Waals surface area contributed by atoms with E-state index in [0.29, 0.717) is 51.0 Å². The van der Waals surface area contributed by atoms with E-state index >= 15 is 0 Å². The summed E-state index contributed by atoms with van der Waals surface area (Å²) in [6.45, 7) is 3.99. The summed E-state index contributed by atoms with van der Waals surface area (Å²) in [4.78, 5) is 18.1. The molecule has 0 bridgehead atoms. The number of nitrogens with zero attached hydrogens (tertiary/aromatic N) is 3. The maximum absolute atomic E-state index is 13.4. The number of furan rings is 1. The zero-order valence-corrected chi connectivity index (χ0v) is 18.2. The molecule has 0 fully saturated rings. The summed E-state index contributed by atoms with van der Waals surface area (Å²) in [6.07, 6.45) is 3.17. The average Bonchev–Trinajstić information content (AvgIpc) is 3.27. The first-order valence-electron chi connectivity index (χ1n) is 10.2. The first-order chi connectivity index (χ1) is 16.1. The minimum absolute atomic E-state index is 0.293. The van der Waals surface area contributed by atoms with Crippen molar-refractivity contribution in [1.82, 2.24) is 9.66 Å². The van der Waals surface area contributed by atoms with Crippen LogP contribution in [0.3, 0.4) is 0 Å². The number of ether oxygens (including phenoxy) is 1. The van der Waals surface area contributed by atoms with Crippen molar-refractivity contribution in [2.75, 3.05) is 6.61 Å². The second kappa shape index (κ2) is 8.76. The topological polar surface area (TPSA) is 69.6 Å². The van der Waals surface area contributed by atoms with E-state index in [4.69, 9.17) is 20.8 Å². The van der Waals surface area contributed by atoms with Gasteiger partial charge in [0.1, 0.15) is 17.9 Å². The molecule has 0 aliphatic heterocycles. The van der Waals surface area contributed by atoms with Gasteiger partial charge in [-0.05, 0) is 42.5 Å². The van der Waals surface area contributed by atoms with Crippen LogP contribution < -0.4 is 10.3 Å². The average molecular weight is 456 g/mol. The van der Waals surface area contributed by atoms with Crippen molar-refractivity contribution < 1.29 is 9.15 Å². The fourth-order valence-electron chi connectivity index (χ4n) is 3.50. The van der Waals surface area contributed by atoms with Crippen LogP contribution in [0, 0.1) is 0 Å². The van der Waals surface area contributed by atoms with Crippen molar-refractivity contribution in [3.8, 4) is 17.3 Å². The SMILES string of the molecule is C=CCOc1ccc(Cl)cc1C=Nn1c(-c2cc3ccccc3o2)nc2ccccc2c1=O. The highest BCUT2D eigenvalue weighted by Crippen LogP contribution is 2.27. The molecule has 162 valence electrons. The van der Waals surface area contributed by atoms with E-state index in [0.717, 1.165) is 5.39 Å². The second-order valence-corrected chi connectivity index (χ2v) is 7.68. The van der Waals surface area contributed by atoms with Crippen LogP contribution in [0.4, 0.5) is 0 Å². The second-order valence-electron chi connectivity index (χ2n) is 7.24. The first kappa shape index (κ1) is 20.7. The van der Waals surface area contributed by atoms with Crippen molar-refractivity contribution in [2.45, 2.75) is 0 Å². The van der Waals surface area contributed by atoms with Crippen LogP contribution in [-0.4, -0.2) is 22.5 Å². The Balaban J connectivity index is 1.70. The van der Waals surface area contributed by atoms with Gasteiger partial charge in [-0.1, -0.05) is 54.6 Å². The van der Waals surface area contributed by atoms with Gasteiger partial charge >= 0.3 is 0 Å². The van der Waals surface area contributed by atoms with Crippen molar-refractivity contribution in [3.63, 3.8) is 0 Å². The zero-order chi connectivity index (χ0) is 22.8. The molecule has 7 heteroatoms. The fraction of sp³-hybridized carbons (Fsp3) is 0.0385. The van der Waals surface area contributed by atoms with E-state index < -0.39 is 0 Å². The molecule has 2 aromatic heterocycles. The maximum Gasteiger partial charge on any atom is 0.282 e. The third-order valence-electron chi connectivity index (χ3n) is 5.04. The highest BCUT2D eigenvalue weighted by atomic mass is 35.5. The fourth-order valence-corrected chi connectivity index (χ4v) is 3.68. The van der Waals surface area contributed by atoms with Gasteiger partial charge in [0.25, 0.3) is 5.56 Å². The number of rotatable bonds is 6. The van der Waals surface area contributed by atoms with E-state index in [9.17, 15) is 4.79 Å². The molecule has 0 saturated carbocycles. The minimum Gasteiger partial charge on any atom is -0.489 e. The molecule has 0 radical (unpaired) electrons. The molecule has 0 aliphatic carbocycles. The summed E-state index contributed by atoms with van der Waals surface area (Å²) in [5.41, 5.74) is 1.55. The Bertz CT molecular complexity index is 1550.